The van der Waals surface area contributed by atoms with Gasteiger partial charge < -0.3 is 15.3 Å². The maximum atomic E-state index is 12.8. The van der Waals surface area contributed by atoms with E-state index in [1.54, 1.807) is 17.9 Å². The van der Waals surface area contributed by atoms with Crippen LogP contribution in [-0.2, 0) is 9.59 Å². The Morgan fingerprint density at radius 1 is 1.19 bits per heavy atom. The Balaban J connectivity index is 2.18. The highest BCUT2D eigenvalue weighted by molar-refractivity contribution is 5.99. The minimum atomic E-state index is -1.03. The molecule has 26 heavy (non-hydrogen) atoms. The third-order valence-electron chi connectivity index (χ3n) is 4.62. The number of aryl methyl sites for hydroxylation is 2. The van der Waals surface area contributed by atoms with Gasteiger partial charge in [0.1, 0.15) is 6.04 Å². The second-order valence-electron chi connectivity index (χ2n) is 8.26. The summed E-state index contributed by atoms with van der Waals surface area (Å²) in [7, 11) is 0. The van der Waals surface area contributed by atoms with Crippen LogP contribution in [0.4, 0.5) is 5.69 Å². The van der Waals surface area contributed by atoms with Crippen LogP contribution in [0.3, 0.4) is 0 Å². The summed E-state index contributed by atoms with van der Waals surface area (Å²) < 4.78 is 0. The van der Waals surface area contributed by atoms with Crippen molar-refractivity contribution < 1.29 is 19.5 Å². The van der Waals surface area contributed by atoms with Crippen LogP contribution in [-0.4, -0.2) is 40.4 Å². The van der Waals surface area contributed by atoms with E-state index in [-0.39, 0.29) is 22.8 Å². The summed E-state index contributed by atoms with van der Waals surface area (Å²) in [6.07, 6.45) is 1.81. The van der Waals surface area contributed by atoms with Crippen LogP contribution in [0, 0.1) is 19.3 Å². The molecule has 1 aliphatic rings. The highest BCUT2D eigenvalue weighted by Crippen LogP contribution is 2.27. The zero-order valence-electron chi connectivity index (χ0n) is 16.2. The van der Waals surface area contributed by atoms with E-state index in [1.807, 2.05) is 27.7 Å². The molecule has 0 saturated carbocycles. The first kappa shape index (κ1) is 19.9. The lowest BCUT2D eigenvalue weighted by molar-refractivity contribution is -0.138. The molecule has 2 rings (SSSR count). The number of carbonyl (C=O) groups is 3. The van der Waals surface area contributed by atoms with Crippen LogP contribution >= 0.6 is 0 Å². The van der Waals surface area contributed by atoms with Crippen molar-refractivity contribution in [3.8, 4) is 0 Å². The molecule has 0 spiro atoms. The average molecular weight is 360 g/mol. The predicted molar refractivity (Wildman–Crippen MR) is 100 cm³/mol. The number of rotatable bonds is 4. The molecule has 6 nitrogen and oxygen atoms in total. The molecule has 1 saturated heterocycles. The number of nitrogens with zero attached hydrogens (tertiary/aromatic N) is 1. The summed E-state index contributed by atoms with van der Waals surface area (Å²) in [4.78, 5) is 38.3. The molecule has 1 aliphatic heterocycles. The number of nitrogens with one attached hydrogen (secondary N) is 1. The third-order valence-corrected chi connectivity index (χ3v) is 4.62. The number of carbonyl (C=O) groups excluding carboxylic acids is 2. The number of benzene rings is 1. The summed E-state index contributed by atoms with van der Waals surface area (Å²) in [6.45, 7) is 10.1. The van der Waals surface area contributed by atoms with E-state index in [9.17, 15) is 19.5 Å². The first-order valence-corrected chi connectivity index (χ1v) is 8.94. The monoisotopic (exact) mass is 360 g/mol. The van der Waals surface area contributed by atoms with E-state index in [0.29, 0.717) is 30.6 Å². The molecule has 1 atom stereocenters. The molecule has 1 unspecified atom stereocenters. The highest BCUT2D eigenvalue weighted by atomic mass is 16.4. The lowest BCUT2D eigenvalue weighted by atomic mass is 9.91. The second kappa shape index (κ2) is 7.48. The number of hydrogen-bond donors (Lipinski definition) is 2. The maximum absolute atomic E-state index is 12.8. The molecule has 142 valence electrons. The molecule has 6 heteroatoms. The third kappa shape index (κ3) is 4.62. The van der Waals surface area contributed by atoms with Crippen molar-refractivity contribution in [2.45, 2.75) is 59.9 Å². The van der Waals surface area contributed by atoms with Crippen molar-refractivity contribution in [1.82, 2.24) is 4.90 Å². The molecule has 0 aliphatic carbocycles. The molecule has 0 aromatic heterocycles. The summed E-state index contributed by atoms with van der Waals surface area (Å²) >= 11 is 0. The molecule has 1 aromatic carbocycles. The van der Waals surface area contributed by atoms with Gasteiger partial charge in [-0.3, -0.25) is 9.59 Å². The van der Waals surface area contributed by atoms with E-state index < -0.39 is 12.0 Å². The van der Waals surface area contributed by atoms with Gasteiger partial charge >= 0.3 is 5.97 Å². The number of amides is 2. The first-order valence-electron chi connectivity index (χ1n) is 8.94. The van der Waals surface area contributed by atoms with Gasteiger partial charge in [0.2, 0.25) is 11.8 Å². The number of carboxylic acid groups (broad SMARTS) is 1. The van der Waals surface area contributed by atoms with Crippen LogP contribution in [0.2, 0.25) is 0 Å². The van der Waals surface area contributed by atoms with Gasteiger partial charge in [0, 0.05) is 18.7 Å². The predicted octanol–water partition coefficient (Wildman–Crippen LogP) is 3.37. The van der Waals surface area contributed by atoms with E-state index in [1.165, 1.54) is 6.07 Å². The first-order chi connectivity index (χ1) is 12.0. The lowest BCUT2D eigenvalue weighted by Gasteiger charge is -2.27. The van der Waals surface area contributed by atoms with E-state index in [4.69, 9.17) is 0 Å². The molecule has 0 bridgehead atoms. The van der Waals surface area contributed by atoms with E-state index in [2.05, 4.69) is 5.32 Å². The molecule has 2 N–H and O–H groups in total. The Morgan fingerprint density at radius 3 is 2.42 bits per heavy atom. The SMILES string of the molecule is Cc1cc(C)c(C(=O)O)cc1NC(=O)C1CCCN1C(=O)CC(C)(C)C. The van der Waals surface area contributed by atoms with Gasteiger partial charge in [-0.25, -0.2) is 4.79 Å². The van der Waals surface area contributed by atoms with Crippen molar-refractivity contribution in [3.05, 3.63) is 28.8 Å². The Bertz CT molecular complexity index is 734. The minimum Gasteiger partial charge on any atom is -0.478 e. The number of hydrogen-bond acceptors (Lipinski definition) is 3. The van der Waals surface area contributed by atoms with Crippen LogP contribution in [0.15, 0.2) is 12.1 Å². The zero-order valence-corrected chi connectivity index (χ0v) is 16.2. The van der Waals surface area contributed by atoms with Gasteiger partial charge in [0.25, 0.3) is 0 Å². The zero-order chi connectivity index (χ0) is 19.6. The average Bonchev–Trinajstić information content (AvgIpc) is 2.97. The summed E-state index contributed by atoms with van der Waals surface area (Å²) in [5.41, 5.74) is 1.96. The lowest BCUT2D eigenvalue weighted by Crippen LogP contribution is -2.44. The van der Waals surface area contributed by atoms with Crippen molar-refractivity contribution >= 4 is 23.5 Å². The van der Waals surface area contributed by atoms with Gasteiger partial charge in [-0.05, 0) is 49.3 Å². The van der Waals surface area contributed by atoms with Gasteiger partial charge in [0.15, 0.2) is 0 Å². The fourth-order valence-electron chi connectivity index (χ4n) is 3.33. The van der Waals surface area contributed by atoms with Crippen LogP contribution < -0.4 is 5.32 Å². The van der Waals surface area contributed by atoms with Crippen molar-refractivity contribution in [2.24, 2.45) is 5.41 Å². The quantitative estimate of drug-likeness (QED) is 0.862. The molecule has 1 heterocycles. The van der Waals surface area contributed by atoms with Gasteiger partial charge in [-0.2, -0.15) is 0 Å². The highest BCUT2D eigenvalue weighted by Gasteiger charge is 2.35. The van der Waals surface area contributed by atoms with E-state index >= 15 is 0 Å². The largest absolute Gasteiger partial charge is 0.478 e. The number of anilines is 1. The Hall–Kier alpha value is -2.37. The molecule has 0 radical (unpaired) electrons. The van der Waals surface area contributed by atoms with E-state index in [0.717, 1.165) is 12.0 Å². The number of aromatic carboxylic acids is 1. The molecule has 1 aromatic rings. The smallest absolute Gasteiger partial charge is 0.336 e. The maximum Gasteiger partial charge on any atom is 0.336 e. The fraction of sp³-hybridized carbons (Fsp3) is 0.550. The molecular weight excluding hydrogens is 332 g/mol. The van der Waals surface area contributed by atoms with Gasteiger partial charge in [-0.15, -0.1) is 0 Å². The van der Waals surface area contributed by atoms with Gasteiger partial charge in [0.05, 0.1) is 5.56 Å². The van der Waals surface area contributed by atoms with Crippen molar-refractivity contribution in [1.29, 1.82) is 0 Å². The molecular formula is C20H28N2O4. The van der Waals surface area contributed by atoms with Crippen LogP contribution in [0.5, 0.6) is 0 Å². The number of carboxylic acids is 1. The Kier molecular flexibility index (Phi) is 5.74. The second-order valence-corrected chi connectivity index (χ2v) is 8.26. The van der Waals surface area contributed by atoms with Crippen molar-refractivity contribution in [3.63, 3.8) is 0 Å². The number of likely N-dealkylation sites (tertiary alicyclic amines) is 1. The minimum absolute atomic E-state index is 0.0120. The normalized spacial score (nSPS) is 17.3. The topological polar surface area (TPSA) is 86.7 Å². The fourth-order valence-corrected chi connectivity index (χ4v) is 3.33. The van der Waals surface area contributed by atoms with Crippen LogP contribution in [0.1, 0.15) is 61.5 Å². The van der Waals surface area contributed by atoms with Gasteiger partial charge in [-0.1, -0.05) is 26.8 Å². The summed E-state index contributed by atoms with van der Waals surface area (Å²) in [5.74, 6) is -1.30. The van der Waals surface area contributed by atoms with Crippen LogP contribution in [0.25, 0.3) is 0 Å². The Morgan fingerprint density at radius 2 is 1.85 bits per heavy atom. The van der Waals surface area contributed by atoms with Crippen molar-refractivity contribution in [2.75, 3.05) is 11.9 Å². The standard InChI is InChI=1S/C20H28N2O4/c1-12-9-13(2)15(10-14(12)19(25)26)21-18(24)16-7-6-8-22(16)17(23)11-20(3,4)5/h9-10,16H,6-8,11H2,1-5H3,(H,21,24)(H,25,26). The molecule has 1 fully saturated rings. The molecule has 2 amide bonds. The Labute approximate surface area is 154 Å². The summed E-state index contributed by atoms with van der Waals surface area (Å²) in [5, 5.41) is 12.1. The summed E-state index contributed by atoms with van der Waals surface area (Å²) in [6, 6.07) is 2.73.